The van der Waals surface area contributed by atoms with Crippen LogP contribution < -0.4 is 5.32 Å². The van der Waals surface area contributed by atoms with Crippen LogP contribution in [0, 0.1) is 5.92 Å². The predicted octanol–water partition coefficient (Wildman–Crippen LogP) is 5.80. The monoisotopic (exact) mass is 375 g/mol. The molecule has 1 aliphatic carbocycles. The van der Waals surface area contributed by atoms with Crippen LogP contribution in [0.4, 0.5) is 5.69 Å². The van der Waals surface area contributed by atoms with E-state index in [0.717, 1.165) is 23.2 Å². The Labute approximate surface area is 156 Å². The molecule has 0 saturated heterocycles. The van der Waals surface area contributed by atoms with Gasteiger partial charge in [-0.2, -0.15) is 0 Å². The molecule has 3 rings (SSSR count). The normalized spacial score (nSPS) is 18.8. The van der Waals surface area contributed by atoms with E-state index in [0.29, 0.717) is 21.5 Å². The molecule has 1 fully saturated rings. The number of rotatable bonds is 3. The lowest BCUT2D eigenvalue weighted by molar-refractivity contribution is -0.116. The second-order valence-electron chi connectivity index (χ2n) is 5.65. The van der Waals surface area contributed by atoms with Crippen LogP contribution in [-0.4, -0.2) is 10.8 Å². The molecule has 0 spiro atoms. The Hall–Kier alpha value is -1.68. The number of halogens is 2. The molecule has 0 amide bonds. The highest BCUT2D eigenvalue weighted by atomic mass is 35.5. The molecule has 0 aliphatic heterocycles. The van der Waals surface area contributed by atoms with Crippen molar-refractivity contribution in [3.63, 3.8) is 0 Å². The Kier molecular flexibility index (Phi) is 5.34. The van der Waals surface area contributed by atoms with Gasteiger partial charge in [0.15, 0.2) is 5.78 Å². The maximum atomic E-state index is 12.6. The third-order valence-electron chi connectivity index (χ3n) is 3.98. The molecule has 0 radical (unpaired) electrons. The molecular weight excluding hydrogens is 361 g/mol. The second-order valence-corrected chi connectivity index (χ2v) is 6.91. The molecule has 2 nitrogen and oxygen atoms in total. The fourth-order valence-electron chi connectivity index (χ4n) is 2.73. The van der Waals surface area contributed by atoms with Crippen LogP contribution in [0.15, 0.2) is 54.1 Å². The number of hydrogen-bond donors (Lipinski definition) is 1. The highest BCUT2D eigenvalue weighted by molar-refractivity contribution is 7.80. The average Bonchev–Trinajstić information content (AvgIpc) is 2.93. The van der Waals surface area contributed by atoms with Crippen molar-refractivity contribution in [2.75, 3.05) is 5.32 Å². The smallest absolute Gasteiger partial charge is 0.168 e. The number of para-hydroxylation sites is 1. The van der Waals surface area contributed by atoms with Gasteiger partial charge < -0.3 is 5.32 Å². The summed E-state index contributed by atoms with van der Waals surface area (Å²) in [4.78, 5) is 13.2. The molecule has 0 heterocycles. The van der Waals surface area contributed by atoms with Crippen molar-refractivity contribution < 1.29 is 4.79 Å². The van der Waals surface area contributed by atoms with Crippen LogP contribution in [-0.2, 0) is 4.79 Å². The van der Waals surface area contributed by atoms with E-state index < -0.39 is 0 Å². The molecule has 1 saturated carbocycles. The van der Waals surface area contributed by atoms with Gasteiger partial charge in [0.2, 0.25) is 0 Å². The predicted molar refractivity (Wildman–Crippen MR) is 105 cm³/mol. The van der Waals surface area contributed by atoms with E-state index in [1.807, 2.05) is 42.5 Å². The molecular formula is C19H15Cl2NOS. The number of benzene rings is 2. The summed E-state index contributed by atoms with van der Waals surface area (Å²) in [5.41, 5.74) is 2.54. The van der Waals surface area contributed by atoms with Gasteiger partial charge in [0.1, 0.15) is 0 Å². The van der Waals surface area contributed by atoms with E-state index in [1.54, 1.807) is 12.1 Å². The molecule has 2 aromatic rings. The van der Waals surface area contributed by atoms with Gasteiger partial charge in [-0.3, -0.25) is 4.79 Å². The molecule has 5 heteroatoms. The largest absolute Gasteiger partial charge is 0.349 e. The highest BCUT2D eigenvalue weighted by Gasteiger charge is 2.32. The molecule has 0 bridgehead atoms. The van der Waals surface area contributed by atoms with Gasteiger partial charge in [-0.15, -0.1) is 0 Å². The van der Waals surface area contributed by atoms with Crippen LogP contribution in [0.1, 0.15) is 18.4 Å². The van der Waals surface area contributed by atoms with Crippen molar-refractivity contribution in [2.45, 2.75) is 12.8 Å². The van der Waals surface area contributed by atoms with Crippen molar-refractivity contribution in [2.24, 2.45) is 5.92 Å². The Morgan fingerprint density at radius 3 is 2.58 bits per heavy atom. The van der Waals surface area contributed by atoms with Crippen LogP contribution in [0.5, 0.6) is 0 Å². The number of carbonyl (C=O) groups excluding carboxylic acids is 1. The van der Waals surface area contributed by atoms with Gasteiger partial charge in [0.05, 0.1) is 21.0 Å². The zero-order chi connectivity index (χ0) is 17.1. The first-order valence-electron chi connectivity index (χ1n) is 7.60. The van der Waals surface area contributed by atoms with Crippen molar-refractivity contribution in [1.29, 1.82) is 0 Å². The van der Waals surface area contributed by atoms with E-state index in [2.05, 4.69) is 5.32 Å². The summed E-state index contributed by atoms with van der Waals surface area (Å²) in [5.74, 6) is -0.191. The van der Waals surface area contributed by atoms with E-state index in [9.17, 15) is 4.79 Å². The minimum atomic E-state index is -0.269. The summed E-state index contributed by atoms with van der Waals surface area (Å²) in [7, 11) is 0. The Morgan fingerprint density at radius 2 is 1.88 bits per heavy atom. The topological polar surface area (TPSA) is 29.1 Å². The van der Waals surface area contributed by atoms with Gasteiger partial charge in [0.25, 0.3) is 0 Å². The molecule has 2 aromatic carbocycles. The van der Waals surface area contributed by atoms with E-state index >= 15 is 0 Å². The number of allylic oxidation sites excluding steroid dienone is 1. The molecule has 24 heavy (non-hydrogen) atoms. The maximum Gasteiger partial charge on any atom is 0.168 e. The molecule has 1 aliphatic rings. The SMILES string of the molecule is O=C1/C(=C/c2ccc(Cl)c(Cl)c2)CC[C@H]1C(=S)Nc1ccccc1. The Balaban J connectivity index is 1.73. The van der Waals surface area contributed by atoms with E-state index in [-0.39, 0.29) is 11.7 Å². The minimum absolute atomic E-state index is 0.0782. The lowest BCUT2D eigenvalue weighted by Gasteiger charge is -2.12. The molecule has 1 N–H and O–H groups in total. The van der Waals surface area contributed by atoms with Crippen LogP contribution in [0.2, 0.25) is 10.0 Å². The van der Waals surface area contributed by atoms with Gasteiger partial charge in [-0.1, -0.05) is 59.7 Å². The molecule has 1 atom stereocenters. The first-order chi connectivity index (χ1) is 11.5. The van der Waals surface area contributed by atoms with E-state index in [1.165, 1.54) is 0 Å². The zero-order valence-electron chi connectivity index (χ0n) is 12.8. The molecule has 122 valence electrons. The fourth-order valence-corrected chi connectivity index (χ4v) is 3.37. The molecule has 0 unspecified atom stereocenters. The van der Waals surface area contributed by atoms with Gasteiger partial charge in [-0.25, -0.2) is 0 Å². The summed E-state index contributed by atoms with van der Waals surface area (Å²) in [6, 6.07) is 15.0. The van der Waals surface area contributed by atoms with Crippen molar-refractivity contribution >= 4 is 58.0 Å². The van der Waals surface area contributed by atoms with Crippen LogP contribution in [0.3, 0.4) is 0 Å². The zero-order valence-corrected chi connectivity index (χ0v) is 15.1. The first-order valence-corrected chi connectivity index (χ1v) is 8.77. The van der Waals surface area contributed by atoms with Gasteiger partial charge in [-0.05, 0) is 54.3 Å². The summed E-state index contributed by atoms with van der Waals surface area (Å²) < 4.78 is 0. The average molecular weight is 376 g/mol. The number of nitrogens with one attached hydrogen (secondary N) is 1. The quantitative estimate of drug-likeness (QED) is 0.543. The lowest BCUT2D eigenvalue weighted by Crippen LogP contribution is -2.24. The number of Topliss-reactive ketones (excluding diaryl/α,β-unsaturated/α-hetero) is 1. The summed E-state index contributed by atoms with van der Waals surface area (Å²) in [6.45, 7) is 0. The third kappa shape index (κ3) is 3.86. The van der Waals surface area contributed by atoms with Crippen LogP contribution >= 0.6 is 35.4 Å². The second kappa shape index (κ2) is 7.47. The summed E-state index contributed by atoms with van der Waals surface area (Å²) in [6.07, 6.45) is 3.31. The van der Waals surface area contributed by atoms with Gasteiger partial charge in [0, 0.05) is 5.69 Å². The standard InChI is InChI=1S/C19H15Cl2NOS/c20-16-9-6-12(11-17(16)21)10-13-7-8-15(18(13)23)19(24)22-14-4-2-1-3-5-14/h1-6,9-11,15H,7-8H2,(H,22,24)/b13-10+/t15-/m1/s1. The molecule has 0 aromatic heterocycles. The number of carbonyl (C=O) groups is 1. The number of hydrogen-bond acceptors (Lipinski definition) is 2. The Morgan fingerprint density at radius 1 is 1.12 bits per heavy atom. The number of ketones is 1. The van der Waals surface area contributed by atoms with Crippen molar-refractivity contribution in [3.05, 3.63) is 69.7 Å². The van der Waals surface area contributed by atoms with Crippen molar-refractivity contribution in [1.82, 2.24) is 0 Å². The lowest BCUT2D eigenvalue weighted by atomic mass is 10.0. The van der Waals surface area contributed by atoms with Gasteiger partial charge >= 0.3 is 0 Å². The Bertz CT molecular complexity index is 817. The van der Waals surface area contributed by atoms with E-state index in [4.69, 9.17) is 35.4 Å². The summed E-state index contributed by atoms with van der Waals surface area (Å²) in [5, 5.41) is 4.14. The highest BCUT2D eigenvalue weighted by Crippen LogP contribution is 2.31. The maximum absolute atomic E-state index is 12.6. The number of anilines is 1. The number of thiocarbonyl (C=S) groups is 1. The fraction of sp³-hybridized carbons (Fsp3) is 0.158. The minimum Gasteiger partial charge on any atom is -0.349 e. The third-order valence-corrected chi connectivity index (χ3v) is 5.10. The summed E-state index contributed by atoms with van der Waals surface area (Å²) >= 11 is 17.4. The first kappa shape index (κ1) is 17.2. The van der Waals surface area contributed by atoms with Crippen LogP contribution in [0.25, 0.3) is 6.08 Å². The van der Waals surface area contributed by atoms with Crippen molar-refractivity contribution in [3.8, 4) is 0 Å².